The molecule has 0 fully saturated rings. The number of hydrogen-bond acceptors (Lipinski definition) is 4. The number of unbranched alkanes of at least 4 members (excludes halogenated alkanes) is 12. The molecule has 0 aliphatic carbocycles. The van der Waals surface area contributed by atoms with E-state index in [0.717, 1.165) is 51.4 Å². The lowest BCUT2D eigenvalue weighted by Gasteiger charge is -2.17. The van der Waals surface area contributed by atoms with Crippen molar-refractivity contribution in [3.8, 4) is 0 Å². The molecule has 0 bridgehead atoms. The van der Waals surface area contributed by atoms with Crippen LogP contribution in [0.2, 0.25) is 0 Å². The Labute approximate surface area is 233 Å². The Balaban J connectivity index is 3.66. The predicted octanol–water partition coefficient (Wildman–Crippen LogP) is 8.44. The molecule has 0 saturated heterocycles. The first-order chi connectivity index (χ1) is 18.5. The van der Waals surface area contributed by atoms with E-state index in [0.29, 0.717) is 19.3 Å². The summed E-state index contributed by atoms with van der Waals surface area (Å²) in [4.78, 5) is 34.3. The van der Waals surface area contributed by atoms with Crippen molar-refractivity contribution in [2.75, 3.05) is 6.54 Å². The minimum Gasteiger partial charge on any atom is -0.480 e. The molecule has 0 heterocycles. The third-order valence-corrected chi connectivity index (χ3v) is 6.61. The molecule has 0 spiro atoms. The number of allylic oxidation sites excluding steroid dienone is 4. The zero-order valence-corrected chi connectivity index (χ0v) is 24.5. The molecule has 0 aromatic carbocycles. The number of amides is 1. The third-order valence-electron chi connectivity index (χ3n) is 6.61. The highest BCUT2D eigenvalue weighted by Gasteiger charge is 2.13. The van der Waals surface area contributed by atoms with E-state index >= 15 is 0 Å². The summed E-state index contributed by atoms with van der Waals surface area (Å²) < 4.78 is 5.72. The van der Waals surface area contributed by atoms with Crippen LogP contribution in [0.3, 0.4) is 0 Å². The molecule has 2 N–H and O–H groups in total. The zero-order chi connectivity index (χ0) is 28.1. The summed E-state index contributed by atoms with van der Waals surface area (Å²) in [5.74, 6) is -1.35. The van der Waals surface area contributed by atoms with E-state index in [1.807, 2.05) is 0 Å². The first kappa shape index (κ1) is 35.9. The SMILES string of the molecule is CCCCC/C=C\C/C=C\CCCCCCCCCC(=O)OC(CCC)CCCCCC(=O)NCC(=O)O. The Bertz CT molecular complexity index is 644. The van der Waals surface area contributed by atoms with Crippen LogP contribution in [0.4, 0.5) is 0 Å². The van der Waals surface area contributed by atoms with E-state index in [1.54, 1.807) is 0 Å². The van der Waals surface area contributed by atoms with Gasteiger partial charge in [-0.25, -0.2) is 0 Å². The molecule has 1 unspecified atom stereocenters. The number of hydrogen-bond donors (Lipinski definition) is 2. The van der Waals surface area contributed by atoms with Crippen molar-refractivity contribution in [2.45, 2.75) is 155 Å². The Morgan fingerprint density at radius 3 is 1.89 bits per heavy atom. The molecule has 6 heteroatoms. The van der Waals surface area contributed by atoms with E-state index in [1.165, 1.54) is 64.2 Å². The van der Waals surface area contributed by atoms with Crippen LogP contribution in [-0.4, -0.2) is 35.6 Å². The lowest BCUT2D eigenvalue weighted by Crippen LogP contribution is -2.28. The highest BCUT2D eigenvalue weighted by molar-refractivity contribution is 5.80. The number of ether oxygens (including phenoxy) is 1. The first-order valence-electron chi connectivity index (χ1n) is 15.5. The number of carboxylic acids is 1. The number of carboxylic acid groups (broad SMARTS) is 1. The van der Waals surface area contributed by atoms with Gasteiger partial charge in [0, 0.05) is 12.8 Å². The lowest BCUT2D eigenvalue weighted by atomic mass is 10.0. The molecule has 0 aromatic rings. The molecule has 6 nitrogen and oxygen atoms in total. The van der Waals surface area contributed by atoms with Gasteiger partial charge in [-0.1, -0.05) is 95.9 Å². The van der Waals surface area contributed by atoms with Crippen LogP contribution in [0.1, 0.15) is 149 Å². The van der Waals surface area contributed by atoms with E-state index < -0.39 is 5.97 Å². The van der Waals surface area contributed by atoms with Crippen LogP contribution in [0.15, 0.2) is 24.3 Å². The molecule has 1 atom stereocenters. The molecule has 0 aromatic heterocycles. The molecular weight excluding hydrogens is 478 g/mol. The quantitative estimate of drug-likeness (QED) is 0.0625. The third kappa shape index (κ3) is 26.9. The minimum absolute atomic E-state index is 0.0378. The number of carbonyl (C=O) groups is 3. The van der Waals surface area contributed by atoms with Gasteiger partial charge in [0.15, 0.2) is 0 Å². The fourth-order valence-corrected chi connectivity index (χ4v) is 4.36. The van der Waals surface area contributed by atoms with Crippen LogP contribution in [0, 0.1) is 0 Å². The van der Waals surface area contributed by atoms with Crippen LogP contribution in [-0.2, 0) is 19.1 Å². The summed E-state index contributed by atoms with van der Waals surface area (Å²) in [6.07, 6.45) is 30.8. The van der Waals surface area contributed by atoms with Gasteiger partial charge in [0.05, 0.1) is 0 Å². The molecule has 0 radical (unpaired) electrons. The Morgan fingerprint density at radius 2 is 1.26 bits per heavy atom. The molecule has 0 aliphatic heterocycles. The monoisotopic (exact) mass is 535 g/mol. The van der Waals surface area contributed by atoms with Gasteiger partial charge in [-0.3, -0.25) is 14.4 Å². The Morgan fingerprint density at radius 1 is 0.684 bits per heavy atom. The molecular formula is C32H57NO5. The second kappa shape index (κ2) is 27.9. The fourth-order valence-electron chi connectivity index (χ4n) is 4.36. The number of nitrogens with one attached hydrogen (secondary N) is 1. The molecule has 1 amide bonds. The van der Waals surface area contributed by atoms with Gasteiger partial charge < -0.3 is 15.2 Å². The largest absolute Gasteiger partial charge is 0.480 e. The molecule has 0 rings (SSSR count). The van der Waals surface area contributed by atoms with Crippen molar-refractivity contribution in [3.63, 3.8) is 0 Å². The second-order valence-electron chi connectivity index (χ2n) is 10.4. The van der Waals surface area contributed by atoms with Crippen molar-refractivity contribution in [1.82, 2.24) is 5.32 Å². The van der Waals surface area contributed by atoms with Crippen LogP contribution < -0.4 is 5.32 Å². The fraction of sp³-hybridized carbons (Fsp3) is 0.781. The van der Waals surface area contributed by atoms with E-state index in [4.69, 9.17) is 9.84 Å². The average molecular weight is 536 g/mol. The summed E-state index contributed by atoms with van der Waals surface area (Å²) in [5, 5.41) is 10.9. The number of carbonyl (C=O) groups excluding carboxylic acids is 2. The van der Waals surface area contributed by atoms with Crippen LogP contribution in [0.25, 0.3) is 0 Å². The summed E-state index contributed by atoms with van der Waals surface area (Å²) in [6, 6.07) is 0. The highest BCUT2D eigenvalue weighted by Crippen LogP contribution is 2.16. The van der Waals surface area contributed by atoms with E-state index in [2.05, 4.69) is 43.5 Å². The van der Waals surface area contributed by atoms with Gasteiger partial charge in [-0.2, -0.15) is 0 Å². The second-order valence-corrected chi connectivity index (χ2v) is 10.4. The van der Waals surface area contributed by atoms with Crippen molar-refractivity contribution in [1.29, 1.82) is 0 Å². The highest BCUT2D eigenvalue weighted by atomic mass is 16.5. The molecule has 0 saturated carbocycles. The van der Waals surface area contributed by atoms with Crippen molar-refractivity contribution >= 4 is 17.8 Å². The standard InChI is InChI=1S/C32H57NO5/c1-3-5-6-7-8-9-10-11-12-13-14-15-16-17-18-19-23-27-32(37)38-29(24-4-2)25-21-20-22-26-30(34)33-28-31(35)36/h8-9,11-12,29H,3-7,10,13-28H2,1-2H3,(H,33,34)(H,35,36)/b9-8-,12-11-. The predicted molar refractivity (Wildman–Crippen MR) is 157 cm³/mol. The van der Waals surface area contributed by atoms with Crippen LogP contribution in [0.5, 0.6) is 0 Å². The zero-order valence-electron chi connectivity index (χ0n) is 24.5. The number of esters is 1. The Kier molecular flexibility index (Phi) is 26.4. The molecule has 0 aliphatic rings. The van der Waals surface area contributed by atoms with E-state index in [9.17, 15) is 14.4 Å². The topological polar surface area (TPSA) is 92.7 Å². The Hall–Kier alpha value is -2.11. The first-order valence-corrected chi connectivity index (χ1v) is 15.5. The maximum atomic E-state index is 12.3. The van der Waals surface area contributed by atoms with Gasteiger partial charge in [-0.05, 0) is 64.2 Å². The van der Waals surface area contributed by atoms with Crippen molar-refractivity contribution in [3.05, 3.63) is 24.3 Å². The summed E-state index contributed by atoms with van der Waals surface area (Å²) in [5.41, 5.74) is 0. The van der Waals surface area contributed by atoms with Gasteiger partial charge in [0.25, 0.3) is 0 Å². The van der Waals surface area contributed by atoms with Crippen LogP contribution >= 0.6 is 0 Å². The number of aliphatic carboxylic acids is 1. The van der Waals surface area contributed by atoms with Crippen molar-refractivity contribution < 1.29 is 24.2 Å². The van der Waals surface area contributed by atoms with Gasteiger partial charge in [-0.15, -0.1) is 0 Å². The molecule has 220 valence electrons. The maximum absolute atomic E-state index is 12.3. The maximum Gasteiger partial charge on any atom is 0.322 e. The van der Waals surface area contributed by atoms with Gasteiger partial charge in [0.1, 0.15) is 12.6 Å². The average Bonchev–Trinajstić information content (AvgIpc) is 2.89. The normalized spacial score (nSPS) is 12.3. The number of rotatable bonds is 27. The summed E-state index contributed by atoms with van der Waals surface area (Å²) in [7, 11) is 0. The molecule has 38 heavy (non-hydrogen) atoms. The minimum atomic E-state index is -1.03. The van der Waals surface area contributed by atoms with E-state index in [-0.39, 0.29) is 24.5 Å². The van der Waals surface area contributed by atoms with Crippen molar-refractivity contribution in [2.24, 2.45) is 0 Å². The lowest BCUT2D eigenvalue weighted by molar-refractivity contribution is -0.150. The summed E-state index contributed by atoms with van der Waals surface area (Å²) >= 11 is 0. The van der Waals surface area contributed by atoms with Gasteiger partial charge >= 0.3 is 11.9 Å². The summed E-state index contributed by atoms with van der Waals surface area (Å²) in [6.45, 7) is 4.01. The van der Waals surface area contributed by atoms with Gasteiger partial charge in [0.2, 0.25) is 5.91 Å². The smallest absolute Gasteiger partial charge is 0.322 e.